The van der Waals surface area contributed by atoms with E-state index in [0.717, 1.165) is 5.56 Å². The lowest BCUT2D eigenvalue weighted by molar-refractivity contribution is 0.0963. The number of benzene rings is 2. The summed E-state index contributed by atoms with van der Waals surface area (Å²) in [7, 11) is -2.12. The molecule has 5 nitrogen and oxygen atoms in total. The van der Waals surface area contributed by atoms with E-state index in [1.54, 1.807) is 37.4 Å². The lowest BCUT2D eigenvalue weighted by Crippen LogP contribution is -2.35. The highest BCUT2D eigenvalue weighted by molar-refractivity contribution is 7.92. The van der Waals surface area contributed by atoms with Gasteiger partial charge in [0.15, 0.2) is 0 Å². The number of hydrogen-bond donors (Lipinski definition) is 1. The molecule has 0 saturated heterocycles. The van der Waals surface area contributed by atoms with Crippen LogP contribution in [0.5, 0.6) is 0 Å². The standard InChI is InChI=1S/C17H17ClN2O3S/c1-11-9-13-10-12(17(21)19-2)3-8-16(13)20(11)24(22,23)15-6-4-14(18)5-7-15/h3-8,10-11H,9H2,1-2H3,(H,19,21)/t11-/m1/s1. The summed E-state index contributed by atoms with van der Waals surface area (Å²) in [6.07, 6.45) is 0.562. The van der Waals surface area contributed by atoms with E-state index >= 15 is 0 Å². The molecule has 2 aromatic rings. The van der Waals surface area contributed by atoms with Crippen molar-refractivity contribution >= 4 is 33.2 Å². The Hall–Kier alpha value is -2.05. The lowest BCUT2D eigenvalue weighted by Gasteiger charge is -2.24. The fourth-order valence-corrected chi connectivity index (χ4v) is 4.79. The SMILES string of the molecule is CNC(=O)c1ccc2c(c1)C[C@@H](C)N2S(=O)(=O)c1ccc(Cl)cc1. The molecular formula is C17H17ClN2O3S. The Balaban J connectivity index is 2.05. The Kier molecular flexibility index (Phi) is 4.27. The first kappa shape index (κ1) is 16.8. The van der Waals surface area contributed by atoms with Crippen LogP contribution in [0.15, 0.2) is 47.4 Å². The molecule has 1 amide bonds. The van der Waals surface area contributed by atoms with Crippen LogP contribution < -0.4 is 9.62 Å². The second-order valence-electron chi connectivity index (χ2n) is 5.73. The van der Waals surface area contributed by atoms with Crippen LogP contribution in [0, 0.1) is 0 Å². The first-order valence-electron chi connectivity index (χ1n) is 7.49. The highest BCUT2D eigenvalue weighted by Gasteiger charge is 2.36. The Morgan fingerprint density at radius 3 is 2.50 bits per heavy atom. The van der Waals surface area contributed by atoms with E-state index < -0.39 is 10.0 Å². The molecule has 1 aliphatic heterocycles. The molecule has 1 N–H and O–H groups in total. The van der Waals surface area contributed by atoms with E-state index in [2.05, 4.69) is 5.32 Å². The van der Waals surface area contributed by atoms with Crippen molar-refractivity contribution in [2.24, 2.45) is 0 Å². The number of amides is 1. The molecule has 1 aliphatic rings. The van der Waals surface area contributed by atoms with Crippen LogP contribution in [-0.2, 0) is 16.4 Å². The van der Waals surface area contributed by atoms with Crippen LogP contribution in [-0.4, -0.2) is 27.4 Å². The van der Waals surface area contributed by atoms with Crippen molar-refractivity contribution in [1.29, 1.82) is 0 Å². The van der Waals surface area contributed by atoms with Gasteiger partial charge < -0.3 is 5.32 Å². The molecule has 7 heteroatoms. The Morgan fingerprint density at radius 1 is 1.21 bits per heavy atom. The molecule has 1 atom stereocenters. The van der Waals surface area contributed by atoms with Gasteiger partial charge in [-0.2, -0.15) is 0 Å². The van der Waals surface area contributed by atoms with E-state index in [-0.39, 0.29) is 16.8 Å². The number of nitrogens with one attached hydrogen (secondary N) is 1. The number of rotatable bonds is 3. The number of sulfonamides is 1. The second kappa shape index (κ2) is 6.11. The molecule has 0 spiro atoms. The molecule has 0 aliphatic carbocycles. The van der Waals surface area contributed by atoms with Crippen LogP contribution in [0.2, 0.25) is 5.02 Å². The summed E-state index contributed by atoms with van der Waals surface area (Å²) in [5.74, 6) is -0.190. The number of fused-ring (bicyclic) bond motifs is 1. The van der Waals surface area contributed by atoms with Gasteiger partial charge in [0.1, 0.15) is 0 Å². The van der Waals surface area contributed by atoms with Gasteiger partial charge in [0, 0.05) is 23.7 Å². The predicted molar refractivity (Wildman–Crippen MR) is 94.1 cm³/mol. The maximum Gasteiger partial charge on any atom is 0.264 e. The van der Waals surface area contributed by atoms with E-state index in [1.165, 1.54) is 16.4 Å². The Bertz CT molecular complexity index is 895. The van der Waals surface area contributed by atoms with Crippen LogP contribution in [0.4, 0.5) is 5.69 Å². The molecule has 0 unspecified atom stereocenters. The van der Waals surface area contributed by atoms with Gasteiger partial charge in [0.2, 0.25) is 0 Å². The smallest absolute Gasteiger partial charge is 0.264 e. The summed E-state index contributed by atoms with van der Waals surface area (Å²) >= 11 is 5.85. The normalized spacial score (nSPS) is 16.8. The molecule has 24 heavy (non-hydrogen) atoms. The van der Waals surface area contributed by atoms with Gasteiger partial charge >= 0.3 is 0 Å². The zero-order valence-corrected chi connectivity index (χ0v) is 14.9. The second-order valence-corrected chi connectivity index (χ2v) is 7.98. The monoisotopic (exact) mass is 364 g/mol. The third kappa shape index (κ3) is 2.76. The van der Waals surface area contributed by atoms with Crippen LogP contribution in [0.25, 0.3) is 0 Å². The fraction of sp³-hybridized carbons (Fsp3) is 0.235. The highest BCUT2D eigenvalue weighted by atomic mass is 35.5. The van der Waals surface area contributed by atoms with Crippen molar-refractivity contribution in [3.05, 3.63) is 58.6 Å². The Morgan fingerprint density at radius 2 is 1.88 bits per heavy atom. The van der Waals surface area contributed by atoms with E-state index in [4.69, 9.17) is 11.6 Å². The minimum atomic E-state index is -3.68. The maximum atomic E-state index is 13.0. The highest BCUT2D eigenvalue weighted by Crippen LogP contribution is 2.37. The lowest BCUT2D eigenvalue weighted by atomic mass is 10.1. The summed E-state index contributed by atoms with van der Waals surface area (Å²) in [5, 5.41) is 3.06. The third-order valence-electron chi connectivity index (χ3n) is 4.09. The summed E-state index contributed by atoms with van der Waals surface area (Å²) in [6.45, 7) is 1.85. The zero-order chi connectivity index (χ0) is 17.5. The van der Waals surface area contributed by atoms with Crippen LogP contribution in [0.1, 0.15) is 22.8 Å². The van der Waals surface area contributed by atoms with Crippen LogP contribution >= 0.6 is 11.6 Å². The number of carbonyl (C=O) groups excluding carboxylic acids is 1. The van der Waals surface area contributed by atoms with Crippen molar-refractivity contribution in [3.63, 3.8) is 0 Å². The molecule has 0 saturated carbocycles. The largest absolute Gasteiger partial charge is 0.355 e. The number of anilines is 1. The average molecular weight is 365 g/mol. The topological polar surface area (TPSA) is 66.5 Å². The van der Waals surface area contributed by atoms with E-state index in [1.807, 2.05) is 6.92 Å². The molecular weight excluding hydrogens is 348 g/mol. The summed E-state index contributed by atoms with van der Waals surface area (Å²) < 4.78 is 27.4. The number of carbonyl (C=O) groups is 1. The first-order chi connectivity index (χ1) is 11.3. The van der Waals surface area contributed by atoms with Crippen molar-refractivity contribution in [2.75, 3.05) is 11.4 Å². The van der Waals surface area contributed by atoms with Crippen molar-refractivity contribution < 1.29 is 13.2 Å². The summed E-state index contributed by atoms with van der Waals surface area (Å²) in [5.41, 5.74) is 1.99. The van der Waals surface area contributed by atoms with Gasteiger partial charge in [-0.3, -0.25) is 9.10 Å². The molecule has 0 bridgehead atoms. The molecule has 0 fully saturated rings. The first-order valence-corrected chi connectivity index (χ1v) is 9.31. The van der Waals surface area contributed by atoms with Gasteiger partial charge in [0.25, 0.3) is 15.9 Å². The minimum absolute atomic E-state index is 0.190. The average Bonchev–Trinajstić information content (AvgIpc) is 2.89. The van der Waals surface area contributed by atoms with Gasteiger partial charge in [-0.05, 0) is 61.4 Å². The van der Waals surface area contributed by atoms with Gasteiger partial charge in [-0.15, -0.1) is 0 Å². The molecule has 1 heterocycles. The van der Waals surface area contributed by atoms with Crippen molar-refractivity contribution in [3.8, 4) is 0 Å². The Labute approximate surface area is 146 Å². The van der Waals surface area contributed by atoms with Crippen molar-refractivity contribution in [1.82, 2.24) is 5.32 Å². The third-order valence-corrected chi connectivity index (χ3v) is 6.29. The van der Waals surface area contributed by atoms with Gasteiger partial charge in [0.05, 0.1) is 10.6 Å². The summed E-state index contributed by atoms with van der Waals surface area (Å²) in [4.78, 5) is 12.0. The van der Waals surface area contributed by atoms with Gasteiger partial charge in [-0.25, -0.2) is 8.42 Å². The molecule has 126 valence electrons. The maximum absolute atomic E-state index is 13.0. The molecule has 2 aromatic carbocycles. The van der Waals surface area contributed by atoms with Crippen LogP contribution in [0.3, 0.4) is 0 Å². The van der Waals surface area contributed by atoms with Gasteiger partial charge in [-0.1, -0.05) is 11.6 Å². The molecule has 0 aromatic heterocycles. The predicted octanol–water partition coefficient (Wildman–Crippen LogP) is 2.84. The van der Waals surface area contributed by atoms with E-state index in [0.29, 0.717) is 22.7 Å². The fourth-order valence-electron chi connectivity index (χ4n) is 2.97. The van der Waals surface area contributed by atoms with Crippen molar-refractivity contribution in [2.45, 2.75) is 24.3 Å². The number of nitrogens with zero attached hydrogens (tertiary/aromatic N) is 1. The quantitative estimate of drug-likeness (QED) is 0.910. The minimum Gasteiger partial charge on any atom is -0.355 e. The number of hydrogen-bond acceptors (Lipinski definition) is 3. The zero-order valence-electron chi connectivity index (χ0n) is 13.3. The van der Waals surface area contributed by atoms with E-state index in [9.17, 15) is 13.2 Å². The number of halogens is 1. The molecule has 0 radical (unpaired) electrons. The molecule has 3 rings (SSSR count). The summed E-state index contributed by atoms with van der Waals surface area (Å²) in [6, 6.07) is 11.0.